The predicted octanol–water partition coefficient (Wildman–Crippen LogP) is 3.24. The van der Waals surface area contributed by atoms with E-state index in [2.05, 4.69) is 4.98 Å². The summed E-state index contributed by atoms with van der Waals surface area (Å²) in [6.07, 6.45) is 3.76. The summed E-state index contributed by atoms with van der Waals surface area (Å²) in [6.45, 7) is 0. The molecule has 0 aliphatic heterocycles. The van der Waals surface area contributed by atoms with Crippen LogP contribution >= 0.6 is 11.6 Å². The Labute approximate surface area is 103 Å². The van der Waals surface area contributed by atoms with Crippen LogP contribution in [0.4, 0.5) is 5.69 Å². The van der Waals surface area contributed by atoms with E-state index in [1.165, 1.54) is 0 Å². The molecule has 0 aliphatic carbocycles. The molecule has 2 heterocycles. The number of nitrogens with two attached hydrogens (primary N) is 1. The van der Waals surface area contributed by atoms with E-state index in [1.807, 2.05) is 53.2 Å². The van der Waals surface area contributed by atoms with Gasteiger partial charge in [-0.05, 0) is 18.2 Å². The summed E-state index contributed by atoms with van der Waals surface area (Å²) in [6, 6.07) is 11.4. The number of benzene rings is 1. The van der Waals surface area contributed by atoms with Gasteiger partial charge in [-0.15, -0.1) is 0 Å². The fraction of sp³-hybridized carbons (Fsp3) is 0. The first-order chi connectivity index (χ1) is 8.24. The van der Waals surface area contributed by atoms with Crippen molar-refractivity contribution in [2.45, 2.75) is 0 Å². The first-order valence-corrected chi connectivity index (χ1v) is 5.61. The second-order valence-corrected chi connectivity index (χ2v) is 4.24. The first kappa shape index (κ1) is 10.2. The van der Waals surface area contributed by atoms with Gasteiger partial charge in [0.1, 0.15) is 5.65 Å². The highest BCUT2D eigenvalue weighted by atomic mass is 35.5. The summed E-state index contributed by atoms with van der Waals surface area (Å²) in [5.41, 5.74) is 9.07. The number of anilines is 1. The van der Waals surface area contributed by atoms with Gasteiger partial charge in [-0.2, -0.15) is 0 Å². The van der Waals surface area contributed by atoms with Gasteiger partial charge in [-0.3, -0.25) is 0 Å². The van der Waals surface area contributed by atoms with Gasteiger partial charge in [0.05, 0.1) is 10.7 Å². The van der Waals surface area contributed by atoms with Crippen LogP contribution in [0.1, 0.15) is 0 Å². The van der Waals surface area contributed by atoms with E-state index < -0.39 is 0 Å². The second-order valence-electron chi connectivity index (χ2n) is 3.83. The number of aromatic nitrogens is 2. The highest BCUT2D eigenvalue weighted by Crippen LogP contribution is 2.27. The molecule has 0 radical (unpaired) electrons. The molecule has 0 atom stereocenters. The van der Waals surface area contributed by atoms with Gasteiger partial charge in [0, 0.05) is 23.6 Å². The van der Waals surface area contributed by atoms with Gasteiger partial charge in [-0.1, -0.05) is 29.8 Å². The van der Waals surface area contributed by atoms with E-state index in [-0.39, 0.29) is 0 Å². The van der Waals surface area contributed by atoms with Crippen molar-refractivity contribution >= 4 is 22.9 Å². The monoisotopic (exact) mass is 243 g/mol. The smallest absolute Gasteiger partial charge is 0.137 e. The van der Waals surface area contributed by atoms with Crippen molar-refractivity contribution in [2.75, 3.05) is 5.73 Å². The average molecular weight is 244 g/mol. The zero-order valence-electron chi connectivity index (χ0n) is 8.97. The number of imidazole rings is 1. The van der Waals surface area contributed by atoms with Crippen molar-refractivity contribution in [1.82, 2.24) is 9.38 Å². The molecule has 0 spiro atoms. The van der Waals surface area contributed by atoms with Crippen LogP contribution < -0.4 is 5.73 Å². The summed E-state index contributed by atoms with van der Waals surface area (Å²) >= 11 is 6.14. The van der Waals surface area contributed by atoms with Gasteiger partial charge >= 0.3 is 0 Å². The van der Waals surface area contributed by atoms with Crippen LogP contribution in [0.25, 0.3) is 16.9 Å². The second kappa shape index (κ2) is 3.79. The molecule has 2 N–H and O–H groups in total. The van der Waals surface area contributed by atoms with Crippen molar-refractivity contribution in [1.29, 1.82) is 0 Å². The highest BCUT2D eigenvalue weighted by Gasteiger charge is 2.07. The van der Waals surface area contributed by atoms with Gasteiger partial charge in [-0.25, -0.2) is 4.98 Å². The van der Waals surface area contributed by atoms with Crippen LogP contribution in [0.3, 0.4) is 0 Å². The fourth-order valence-corrected chi connectivity index (χ4v) is 2.04. The SMILES string of the molecule is Nc1ccc2nc(-c3ccccc3Cl)cn2c1. The quantitative estimate of drug-likeness (QED) is 0.713. The van der Waals surface area contributed by atoms with Crippen LogP contribution in [-0.2, 0) is 0 Å². The molecule has 0 fully saturated rings. The van der Waals surface area contributed by atoms with E-state index in [0.29, 0.717) is 10.7 Å². The zero-order valence-corrected chi connectivity index (χ0v) is 9.72. The van der Waals surface area contributed by atoms with Crippen molar-refractivity contribution in [3.63, 3.8) is 0 Å². The molecular formula is C13H10ClN3. The molecule has 0 bridgehead atoms. The first-order valence-electron chi connectivity index (χ1n) is 5.23. The Hall–Kier alpha value is -2.00. The van der Waals surface area contributed by atoms with Crippen molar-refractivity contribution in [2.24, 2.45) is 0 Å². The van der Waals surface area contributed by atoms with Crippen LogP contribution in [0, 0.1) is 0 Å². The van der Waals surface area contributed by atoms with Gasteiger partial charge in [0.25, 0.3) is 0 Å². The molecule has 0 unspecified atom stereocenters. The zero-order chi connectivity index (χ0) is 11.8. The third-order valence-electron chi connectivity index (χ3n) is 2.62. The number of halogens is 1. The minimum Gasteiger partial charge on any atom is -0.398 e. The predicted molar refractivity (Wildman–Crippen MR) is 70.1 cm³/mol. The Bertz CT molecular complexity index is 688. The lowest BCUT2D eigenvalue weighted by Gasteiger charge is -1.97. The van der Waals surface area contributed by atoms with Crippen molar-refractivity contribution in [3.05, 3.63) is 53.8 Å². The maximum absolute atomic E-state index is 6.14. The maximum Gasteiger partial charge on any atom is 0.137 e. The average Bonchev–Trinajstić information content (AvgIpc) is 2.72. The molecule has 0 aliphatic rings. The number of hydrogen-bond acceptors (Lipinski definition) is 2. The van der Waals surface area contributed by atoms with Crippen LogP contribution in [0.15, 0.2) is 48.8 Å². The van der Waals surface area contributed by atoms with Crippen molar-refractivity contribution < 1.29 is 0 Å². The minimum absolute atomic E-state index is 0.698. The summed E-state index contributed by atoms with van der Waals surface area (Å²) in [5.74, 6) is 0. The molecule has 0 amide bonds. The third-order valence-corrected chi connectivity index (χ3v) is 2.95. The standard InChI is InChI=1S/C13H10ClN3/c14-11-4-2-1-3-10(11)12-8-17-7-9(15)5-6-13(17)16-12/h1-8H,15H2. The van der Waals surface area contributed by atoms with Gasteiger partial charge < -0.3 is 10.1 Å². The lowest BCUT2D eigenvalue weighted by Crippen LogP contribution is -1.88. The minimum atomic E-state index is 0.698. The number of fused-ring (bicyclic) bond motifs is 1. The molecule has 0 saturated heterocycles. The fourth-order valence-electron chi connectivity index (χ4n) is 1.81. The Morgan fingerprint density at radius 2 is 1.88 bits per heavy atom. The number of hydrogen-bond donors (Lipinski definition) is 1. The van der Waals surface area contributed by atoms with Crippen LogP contribution in [0.5, 0.6) is 0 Å². The van der Waals surface area contributed by atoms with Crippen LogP contribution in [0.2, 0.25) is 5.02 Å². The Morgan fingerprint density at radius 1 is 1.06 bits per heavy atom. The molecule has 3 nitrogen and oxygen atoms in total. The summed E-state index contributed by atoms with van der Waals surface area (Å²) in [7, 11) is 0. The number of nitrogens with zero attached hydrogens (tertiary/aromatic N) is 2. The Kier molecular flexibility index (Phi) is 2.27. The molecule has 84 valence electrons. The molecule has 3 aromatic rings. The van der Waals surface area contributed by atoms with Gasteiger partial charge in [0.2, 0.25) is 0 Å². The lowest BCUT2D eigenvalue weighted by molar-refractivity contribution is 1.19. The molecular weight excluding hydrogens is 234 g/mol. The van der Waals surface area contributed by atoms with Crippen molar-refractivity contribution in [3.8, 4) is 11.3 Å². The lowest BCUT2D eigenvalue weighted by atomic mass is 10.2. The van der Waals surface area contributed by atoms with E-state index in [1.54, 1.807) is 0 Å². The number of rotatable bonds is 1. The number of pyridine rings is 1. The number of nitrogen functional groups attached to an aromatic ring is 1. The Balaban J connectivity index is 2.22. The third kappa shape index (κ3) is 1.74. The normalized spacial score (nSPS) is 10.9. The summed E-state index contributed by atoms with van der Waals surface area (Å²) in [4.78, 5) is 4.51. The molecule has 2 aromatic heterocycles. The largest absolute Gasteiger partial charge is 0.398 e. The van der Waals surface area contributed by atoms with E-state index in [9.17, 15) is 0 Å². The molecule has 4 heteroatoms. The highest BCUT2D eigenvalue weighted by molar-refractivity contribution is 6.33. The van der Waals surface area contributed by atoms with E-state index in [0.717, 1.165) is 16.9 Å². The van der Waals surface area contributed by atoms with E-state index in [4.69, 9.17) is 17.3 Å². The molecule has 3 rings (SSSR count). The van der Waals surface area contributed by atoms with E-state index >= 15 is 0 Å². The molecule has 0 saturated carbocycles. The topological polar surface area (TPSA) is 43.3 Å². The molecule has 1 aromatic carbocycles. The molecule has 17 heavy (non-hydrogen) atoms. The summed E-state index contributed by atoms with van der Waals surface area (Å²) in [5, 5.41) is 0.698. The summed E-state index contributed by atoms with van der Waals surface area (Å²) < 4.78 is 1.90. The maximum atomic E-state index is 6.14. The Morgan fingerprint density at radius 3 is 2.71 bits per heavy atom. The van der Waals surface area contributed by atoms with Crippen LogP contribution in [-0.4, -0.2) is 9.38 Å². The van der Waals surface area contributed by atoms with Gasteiger partial charge in [0.15, 0.2) is 0 Å².